The number of aliphatic hydroxyl groups is 1. The van der Waals surface area contributed by atoms with E-state index in [1.54, 1.807) is 17.4 Å². The van der Waals surface area contributed by atoms with E-state index in [4.69, 9.17) is 10.2 Å². The minimum Gasteiger partial charge on any atom is -0.478 e. The second-order valence-electron chi connectivity index (χ2n) is 5.10. The number of nitrogens with zero attached hydrogens (tertiary/aromatic N) is 1. The van der Waals surface area contributed by atoms with Gasteiger partial charge in [-0.3, -0.25) is 4.90 Å². The number of carbonyl (C=O) groups is 1. The molecule has 2 N–H and O–H groups in total. The van der Waals surface area contributed by atoms with Gasteiger partial charge in [0.25, 0.3) is 0 Å². The molecular formula is C15H21NO3S. The van der Waals surface area contributed by atoms with Gasteiger partial charge in [0.1, 0.15) is 0 Å². The highest BCUT2D eigenvalue weighted by Gasteiger charge is 2.24. The van der Waals surface area contributed by atoms with Crippen molar-refractivity contribution in [3.8, 4) is 0 Å². The molecule has 2 heterocycles. The van der Waals surface area contributed by atoms with E-state index in [-0.39, 0.29) is 6.61 Å². The Kier molecular flexibility index (Phi) is 5.76. The van der Waals surface area contributed by atoms with Crippen molar-refractivity contribution in [2.75, 3.05) is 13.2 Å². The lowest BCUT2D eigenvalue weighted by molar-refractivity contribution is -0.131. The quantitative estimate of drug-likeness (QED) is 0.759. The molecule has 1 saturated heterocycles. The molecule has 1 aliphatic heterocycles. The molecule has 1 atom stereocenters. The number of carboxylic acids is 1. The van der Waals surface area contributed by atoms with Crippen LogP contribution in [0.1, 0.15) is 36.1 Å². The fourth-order valence-electron chi connectivity index (χ4n) is 2.73. The maximum absolute atomic E-state index is 10.6. The van der Waals surface area contributed by atoms with E-state index >= 15 is 0 Å². The topological polar surface area (TPSA) is 60.8 Å². The third kappa shape index (κ3) is 4.16. The highest BCUT2D eigenvalue weighted by atomic mass is 32.1. The largest absolute Gasteiger partial charge is 0.478 e. The second-order valence-corrected chi connectivity index (χ2v) is 6.10. The van der Waals surface area contributed by atoms with Crippen molar-refractivity contribution in [3.05, 3.63) is 28.0 Å². The molecule has 4 nitrogen and oxygen atoms in total. The van der Waals surface area contributed by atoms with Crippen LogP contribution in [-0.4, -0.2) is 40.3 Å². The number of carboxylic acid groups (broad SMARTS) is 1. The first-order valence-corrected chi connectivity index (χ1v) is 7.91. The van der Waals surface area contributed by atoms with E-state index in [1.807, 2.05) is 11.4 Å². The van der Waals surface area contributed by atoms with Crippen molar-refractivity contribution < 1.29 is 15.0 Å². The molecule has 5 heteroatoms. The van der Waals surface area contributed by atoms with Gasteiger partial charge in [-0.1, -0.05) is 0 Å². The lowest BCUT2D eigenvalue weighted by atomic mass is 10.1. The molecule has 0 bridgehead atoms. The van der Waals surface area contributed by atoms with Gasteiger partial charge in [0.2, 0.25) is 0 Å². The highest BCUT2D eigenvalue weighted by molar-refractivity contribution is 7.10. The van der Waals surface area contributed by atoms with Crippen LogP contribution in [0.5, 0.6) is 0 Å². The van der Waals surface area contributed by atoms with E-state index < -0.39 is 5.97 Å². The van der Waals surface area contributed by atoms with Crippen LogP contribution in [-0.2, 0) is 11.3 Å². The zero-order chi connectivity index (χ0) is 14.4. The zero-order valence-electron chi connectivity index (χ0n) is 11.5. The first-order valence-electron chi connectivity index (χ1n) is 7.03. The molecule has 1 fully saturated rings. The summed E-state index contributed by atoms with van der Waals surface area (Å²) >= 11 is 1.68. The molecule has 0 amide bonds. The second kappa shape index (κ2) is 7.57. The molecule has 0 radical (unpaired) electrons. The van der Waals surface area contributed by atoms with Crippen LogP contribution in [0, 0.1) is 0 Å². The van der Waals surface area contributed by atoms with Crippen molar-refractivity contribution in [1.29, 1.82) is 0 Å². The van der Waals surface area contributed by atoms with Gasteiger partial charge in [0.15, 0.2) is 0 Å². The molecule has 1 aromatic rings. The van der Waals surface area contributed by atoms with E-state index in [2.05, 4.69) is 4.90 Å². The molecule has 20 heavy (non-hydrogen) atoms. The Hall–Kier alpha value is -1.17. The summed E-state index contributed by atoms with van der Waals surface area (Å²) in [6.07, 6.45) is 7.18. The predicted octanol–water partition coefficient (Wildman–Crippen LogP) is 2.58. The van der Waals surface area contributed by atoms with E-state index in [0.29, 0.717) is 6.04 Å². The van der Waals surface area contributed by atoms with Gasteiger partial charge < -0.3 is 10.2 Å². The van der Waals surface area contributed by atoms with Gasteiger partial charge in [-0.25, -0.2) is 4.79 Å². The molecule has 1 aliphatic rings. The molecule has 0 saturated carbocycles. The maximum Gasteiger partial charge on any atom is 0.328 e. The molecule has 0 aliphatic carbocycles. The zero-order valence-corrected chi connectivity index (χ0v) is 12.3. The normalized spacial score (nSPS) is 19.9. The van der Waals surface area contributed by atoms with Crippen LogP contribution >= 0.6 is 11.3 Å². The van der Waals surface area contributed by atoms with Gasteiger partial charge in [-0.15, -0.1) is 11.3 Å². The Morgan fingerprint density at radius 1 is 1.55 bits per heavy atom. The third-order valence-electron chi connectivity index (χ3n) is 3.73. The summed E-state index contributed by atoms with van der Waals surface area (Å²) in [5.41, 5.74) is 1.00. The monoisotopic (exact) mass is 295 g/mol. The minimum atomic E-state index is -0.913. The summed E-state index contributed by atoms with van der Waals surface area (Å²) in [7, 11) is 0. The maximum atomic E-state index is 10.6. The van der Waals surface area contributed by atoms with Crippen molar-refractivity contribution in [2.45, 2.75) is 38.3 Å². The average molecular weight is 295 g/mol. The van der Waals surface area contributed by atoms with Crippen LogP contribution in [0.3, 0.4) is 0 Å². The smallest absolute Gasteiger partial charge is 0.328 e. The van der Waals surface area contributed by atoms with Gasteiger partial charge >= 0.3 is 5.97 Å². The predicted molar refractivity (Wildman–Crippen MR) is 80.7 cm³/mol. The van der Waals surface area contributed by atoms with Crippen LogP contribution in [0.25, 0.3) is 6.08 Å². The molecule has 110 valence electrons. The Bertz CT molecular complexity index is 469. The highest BCUT2D eigenvalue weighted by Crippen LogP contribution is 2.27. The lowest BCUT2D eigenvalue weighted by Gasteiger charge is -2.24. The van der Waals surface area contributed by atoms with Crippen LogP contribution in [0.15, 0.2) is 17.5 Å². The molecule has 0 aromatic carbocycles. The van der Waals surface area contributed by atoms with Crippen molar-refractivity contribution in [3.63, 3.8) is 0 Å². The van der Waals surface area contributed by atoms with E-state index in [9.17, 15) is 4.79 Å². The molecular weight excluding hydrogens is 274 g/mol. The third-order valence-corrected chi connectivity index (χ3v) is 4.65. The summed E-state index contributed by atoms with van der Waals surface area (Å²) < 4.78 is 0. The molecule has 2 rings (SSSR count). The summed E-state index contributed by atoms with van der Waals surface area (Å²) in [6, 6.07) is 2.53. The molecule has 0 spiro atoms. The number of aliphatic carboxylic acids is 1. The average Bonchev–Trinajstić information content (AvgIpc) is 3.04. The minimum absolute atomic E-state index is 0.260. The van der Waals surface area contributed by atoms with Gasteiger partial charge in [-0.2, -0.15) is 0 Å². The Balaban J connectivity index is 1.99. The number of rotatable bonds is 7. The number of thiophene rings is 1. The Labute approximate surface area is 123 Å². The molecule has 1 aromatic heterocycles. The van der Waals surface area contributed by atoms with Gasteiger partial charge in [0, 0.05) is 30.1 Å². The van der Waals surface area contributed by atoms with Crippen molar-refractivity contribution in [2.24, 2.45) is 0 Å². The number of hydrogen-bond acceptors (Lipinski definition) is 4. The van der Waals surface area contributed by atoms with Crippen molar-refractivity contribution in [1.82, 2.24) is 4.90 Å². The van der Waals surface area contributed by atoms with Crippen LogP contribution < -0.4 is 0 Å². The Morgan fingerprint density at radius 2 is 2.40 bits per heavy atom. The van der Waals surface area contributed by atoms with Crippen LogP contribution in [0.4, 0.5) is 0 Å². The number of likely N-dealkylation sites (tertiary alicyclic amines) is 1. The SMILES string of the molecule is O=C(O)C=Cc1ccsc1CN1CCCC1CCCO. The fourth-order valence-corrected chi connectivity index (χ4v) is 3.62. The first-order chi connectivity index (χ1) is 9.70. The lowest BCUT2D eigenvalue weighted by Crippen LogP contribution is -2.28. The summed E-state index contributed by atoms with van der Waals surface area (Å²) in [5.74, 6) is -0.913. The summed E-state index contributed by atoms with van der Waals surface area (Å²) in [5, 5.41) is 19.7. The van der Waals surface area contributed by atoms with Crippen LogP contribution in [0.2, 0.25) is 0 Å². The first kappa shape index (κ1) is 15.2. The van der Waals surface area contributed by atoms with Gasteiger partial charge in [-0.05, 0) is 55.3 Å². The summed E-state index contributed by atoms with van der Waals surface area (Å²) in [4.78, 5) is 14.3. The summed E-state index contributed by atoms with van der Waals surface area (Å²) in [6.45, 7) is 2.24. The number of aliphatic hydroxyl groups excluding tert-OH is 1. The molecule has 1 unspecified atom stereocenters. The standard InChI is InChI=1S/C15H21NO3S/c17-9-2-4-13-3-1-8-16(13)11-14-12(7-10-20-14)5-6-15(18)19/h5-7,10,13,17H,1-4,8-9,11H2,(H,18,19). The van der Waals surface area contributed by atoms with Gasteiger partial charge in [0.05, 0.1) is 0 Å². The number of hydrogen-bond donors (Lipinski definition) is 2. The van der Waals surface area contributed by atoms with E-state index in [1.165, 1.54) is 23.8 Å². The Morgan fingerprint density at radius 3 is 3.15 bits per heavy atom. The van der Waals surface area contributed by atoms with Crippen molar-refractivity contribution >= 4 is 23.4 Å². The van der Waals surface area contributed by atoms with E-state index in [0.717, 1.165) is 31.5 Å². The fraction of sp³-hybridized carbons (Fsp3) is 0.533.